The van der Waals surface area contributed by atoms with Crippen molar-refractivity contribution in [2.75, 3.05) is 5.32 Å². The average Bonchev–Trinajstić information content (AvgIpc) is 3.09. The molecule has 0 unspecified atom stereocenters. The minimum absolute atomic E-state index is 0.0838. The van der Waals surface area contributed by atoms with Gasteiger partial charge in [0, 0.05) is 11.4 Å². The largest absolute Gasteiger partial charge is 0.320 e. The van der Waals surface area contributed by atoms with E-state index in [-0.39, 0.29) is 35.5 Å². The van der Waals surface area contributed by atoms with E-state index in [0.717, 1.165) is 18.4 Å². The highest BCUT2D eigenvalue weighted by Crippen LogP contribution is 2.50. The Balaban J connectivity index is 1.41. The van der Waals surface area contributed by atoms with Gasteiger partial charge in [-0.05, 0) is 48.4 Å². The van der Waals surface area contributed by atoms with Crippen LogP contribution in [0.4, 0.5) is 10.5 Å². The summed E-state index contributed by atoms with van der Waals surface area (Å²) in [6, 6.07) is 13.7. The summed E-state index contributed by atoms with van der Waals surface area (Å²) in [6.07, 6.45) is 5.49. The van der Waals surface area contributed by atoms with Crippen molar-refractivity contribution in [3.05, 3.63) is 76.3 Å². The van der Waals surface area contributed by atoms with Crippen LogP contribution in [0, 0.1) is 23.7 Å². The standard InChI is InChI=1S/C25H23Cl2N3O3/c26-17-10-11-19(18(27)13-17)28-25(33)29-20(12-14-4-2-1-3-5-14)30-23(31)21-15-6-7-16(9-8-15)22(21)24(30)32/h1-7,10-11,13,15-16,20-22H,8-9,12H2,(H2,28,29,33)/t15-,16-,20-,21-,22-/m0/s1. The van der Waals surface area contributed by atoms with E-state index in [9.17, 15) is 14.4 Å². The summed E-state index contributed by atoms with van der Waals surface area (Å²) in [4.78, 5) is 41.1. The lowest BCUT2D eigenvalue weighted by atomic mass is 9.63. The molecule has 6 nitrogen and oxygen atoms in total. The summed E-state index contributed by atoms with van der Waals surface area (Å²) in [5.74, 6) is -0.907. The number of urea groups is 1. The van der Waals surface area contributed by atoms with E-state index >= 15 is 0 Å². The van der Waals surface area contributed by atoms with Crippen LogP contribution in [0.15, 0.2) is 60.7 Å². The molecule has 2 bridgehead atoms. The van der Waals surface area contributed by atoms with E-state index in [4.69, 9.17) is 23.2 Å². The number of carbonyl (C=O) groups is 3. The minimum Gasteiger partial charge on any atom is -0.317 e. The number of rotatable bonds is 5. The van der Waals surface area contributed by atoms with Crippen LogP contribution in [-0.4, -0.2) is 28.9 Å². The van der Waals surface area contributed by atoms with Crippen LogP contribution in [0.25, 0.3) is 0 Å². The number of halogens is 2. The molecule has 0 radical (unpaired) electrons. The molecule has 33 heavy (non-hydrogen) atoms. The smallest absolute Gasteiger partial charge is 0.317 e. The van der Waals surface area contributed by atoms with Gasteiger partial charge in [0.25, 0.3) is 0 Å². The summed E-state index contributed by atoms with van der Waals surface area (Å²) in [5, 5.41) is 6.28. The van der Waals surface area contributed by atoms with E-state index in [1.165, 1.54) is 11.0 Å². The van der Waals surface area contributed by atoms with Crippen molar-refractivity contribution < 1.29 is 14.4 Å². The van der Waals surface area contributed by atoms with Gasteiger partial charge in [0.15, 0.2) is 0 Å². The van der Waals surface area contributed by atoms with Crippen LogP contribution in [0.2, 0.25) is 10.0 Å². The molecule has 1 saturated heterocycles. The number of fused-ring (bicyclic) bond motifs is 1. The zero-order valence-corrected chi connectivity index (χ0v) is 19.2. The van der Waals surface area contributed by atoms with Crippen molar-refractivity contribution in [2.45, 2.75) is 25.4 Å². The molecule has 2 aromatic rings. The molecule has 0 aromatic heterocycles. The van der Waals surface area contributed by atoms with Crippen molar-refractivity contribution >= 4 is 46.7 Å². The second kappa shape index (κ2) is 8.84. The number of hydrogen-bond acceptors (Lipinski definition) is 3. The van der Waals surface area contributed by atoms with Gasteiger partial charge in [0.05, 0.1) is 22.5 Å². The van der Waals surface area contributed by atoms with Crippen molar-refractivity contribution in [1.82, 2.24) is 10.2 Å². The van der Waals surface area contributed by atoms with Gasteiger partial charge in [-0.2, -0.15) is 0 Å². The highest BCUT2D eigenvalue weighted by molar-refractivity contribution is 6.36. The molecular weight excluding hydrogens is 461 g/mol. The fraction of sp³-hybridized carbons (Fsp3) is 0.320. The third kappa shape index (κ3) is 4.13. The molecule has 4 amide bonds. The molecule has 0 spiro atoms. The Labute approximate surface area is 201 Å². The Morgan fingerprint density at radius 2 is 1.61 bits per heavy atom. The number of nitrogens with zero attached hydrogens (tertiary/aromatic N) is 1. The van der Waals surface area contributed by atoms with Gasteiger partial charge < -0.3 is 10.6 Å². The Morgan fingerprint density at radius 3 is 2.18 bits per heavy atom. The second-order valence-corrected chi connectivity index (χ2v) is 9.66. The maximum atomic E-state index is 13.5. The fourth-order valence-corrected chi connectivity index (χ4v) is 5.80. The zero-order chi connectivity index (χ0) is 23.1. The normalized spacial score (nSPS) is 26.3. The third-order valence-electron chi connectivity index (χ3n) is 6.85. The van der Waals surface area contributed by atoms with Crippen molar-refractivity contribution in [3.63, 3.8) is 0 Å². The molecule has 1 saturated carbocycles. The quantitative estimate of drug-likeness (QED) is 0.469. The van der Waals surface area contributed by atoms with Gasteiger partial charge in [0.2, 0.25) is 11.8 Å². The minimum atomic E-state index is -0.816. The lowest BCUT2D eigenvalue weighted by Gasteiger charge is -2.38. The lowest BCUT2D eigenvalue weighted by Crippen LogP contribution is -2.53. The zero-order valence-electron chi connectivity index (χ0n) is 17.7. The Bertz CT molecular complexity index is 1100. The molecule has 2 N–H and O–H groups in total. The van der Waals surface area contributed by atoms with Crippen LogP contribution in [0.5, 0.6) is 0 Å². The molecule has 2 aromatic carbocycles. The Morgan fingerprint density at radius 1 is 0.970 bits per heavy atom. The third-order valence-corrected chi connectivity index (χ3v) is 7.40. The number of carbonyl (C=O) groups excluding carboxylic acids is 3. The van der Waals surface area contributed by atoms with Crippen LogP contribution < -0.4 is 10.6 Å². The molecule has 3 aliphatic carbocycles. The molecule has 6 rings (SSSR count). The average molecular weight is 484 g/mol. The predicted molar refractivity (Wildman–Crippen MR) is 127 cm³/mol. The van der Waals surface area contributed by atoms with E-state index in [0.29, 0.717) is 22.2 Å². The van der Waals surface area contributed by atoms with E-state index < -0.39 is 12.2 Å². The highest BCUT2D eigenvalue weighted by atomic mass is 35.5. The molecular formula is C25H23Cl2N3O3. The van der Waals surface area contributed by atoms with Gasteiger partial charge in [-0.15, -0.1) is 0 Å². The maximum Gasteiger partial charge on any atom is 0.320 e. The highest BCUT2D eigenvalue weighted by Gasteiger charge is 2.58. The SMILES string of the molecule is O=C(Nc1ccc(Cl)cc1Cl)N[C@H](Cc1ccccc1)N1C(=O)[C@@H]2[C@@H](C1=O)[C@H]1C=C[C@H]2CC1. The number of hydrogen-bond donors (Lipinski definition) is 2. The monoisotopic (exact) mass is 483 g/mol. The van der Waals surface area contributed by atoms with E-state index in [1.807, 2.05) is 30.3 Å². The van der Waals surface area contributed by atoms with Crippen LogP contribution in [-0.2, 0) is 16.0 Å². The summed E-state index contributed by atoms with van der Waals surface area (Å²) in [7, 11) is 0. The molecule has 4 aliphatic rings. The number of likely N-dealkylation sites (tertiary alicyclic amines) is 1. The van der Waals surface area contributed by atoms with Gasteiger partial charge in [-0.25, -0.2) is 4.79 Å². The van der Waals surface area contributed by atoms with Crippen LogP contribution in [0.1, 0.15) is 18.4 Å². The number of imide groups is 1. The number of benzene rings is 2. The molecule has 2 fully saturated rings. The topological polar surface area (TPSA) is 78.5 Å². The number of allylic oxidation sites excluding steroid dienone is 2. The van der Waals surface area contributed by atoms with E-state index in [1.54, 1.807) is 12.1 Å². The van der Waals surface area contributed by atoms with Gasteiger partial charge >= 0.3 is 6.03 Å². The first kappa shape index (κ1) is 22.0. The number of nitrogens with one attached hydrogen (secondary N) is 2. The first-order chi connectivity index (χ1) is 15.9. The summed E-state index contributed by atoms with van der Waals surface area (Å²) in [5.41, 5.74) is 1.29. The second-order valence-electron chi connectivity index (χ2n) is 8.82. The predicted octanol–water partition coefficient (Wildman–Crippen LogP) is 4.88. The Kier molecular flexibility index (Phi) is 5.89. The molecule has 5 atom stereocenters. The number of anilines is 1. The van der Waals surface area contributed by atoms with Gasteiger partial charge in [-0.3, -0.25) is 14.5 Å². The fourth-order valence-electron chi connectivity index (χ4n) is 5.35. The van der Waals surface area contributed by atoms with Crippen LogP contribution in [0.3, 0.4) is 0 Å². The van der Waals surface area contributed by atoms with Gasteiger partial charge in [0.1, 0.15) is 6.17 Å². The molecule has 1 heterocycles. The molecule has 8 heteroatoms. The van der Waals surface area contributed by atoms with Crippen molar-refractivity contribution in [3.8, 4) is 0 Å². The molecule has 170 valence electrons. The lowest BCUT2D eigenvalue weighted by molar-refractivity contribution is -0.143. The number of amides is 4. The summed E-state index contributed by atoms with van der Waals surface area (Å²) < 4.78 is 0. The first-order valence-corrected chi connectivity index (χ1v) is 11.8. The van der Waals surface area contributed by atoms with E-state index in [2.05, 4.69) is 22.8 Å². The van der Waals surface area contributed by atoms with Gasteiger partial charge in [-0.1, -0.05) is 65.7 Å². The van der Waals surface area contributed by atoms with Crippen molar-refractivity contribution in [2.24, 2.45) is 23.7 Å². The van der Waals surface area contributed by atoms with Crippen LogP contribution >= 0.6 is 23.2 Å². The maximum absolute atomic E-state index is 13.5. The molecule has 1 aliphatic heterocycles. The summed E-state index contributed by atoms with van der Waals surface area (Å²) >= 11 is 12.1. The van der Waals surface area contributed by atoms with Crippen molar-refractivity contribution in [1.29, 1.82) is 0 Å². The Hall–Kier alpha value is -2.83. The first-order valence-electron chi connectivity index (χ1n) is 11.0. The summed E-state index contributed by atoms with van der Waals surface area (Å²) in [6.45, 7) is 0.